The summed E-state index contributed by atoms with van der Waals surface area (Å²) in [5.74, 6) is 0. The molecule has 0 radical (unpaired) electrons. The highest BCUT2D eigenvalue weighted by Crippen LogP contribution is 2.49. The van der Waals surface area contributed by atoms with E-state index in [2.05, 4.69) is 160 Å². The van der Waals surface area contributed by atoms with Gasteiger partial charge in [-0.25, -0.2) is 0 Å². The van der Waals surface area contributed by atoms with Gasteiger partial charge < -0.3 is 14.4 Å². The molecule has 7 aromatic carbocycles. The Morgan fingerprint density at radius 3 is 1.45 bits per heavy atom. The third kappa shape index (κ3) is 2.62. The molecule has 3 nitrogen and oxygen atoms in total. The van der Waals surface area contributed by atoms with Crippen LogP contribution in [-0.4, -0.2) is 11.3 Å². The molecule has 8 aromatic rings. The van der Waals surface area contributed by atoms with Gasteiger partial charge in [-0.3, -0.25) is 0 Å². The molecule has 0 saturated heterocycles. The number of aromatic nitrogens is 1. The Kier molecular flexibility index (Phi) is 4.15. The summed E-state index contributed by atoms with van der Waals surface area (Å²) in [4.78, 5) is 4.99. The minimum absolute atomic E-state index is 0.142. The van der Waals surface area contributed by atoms with Gasteiger partial charge in [0, 0.05) is 50.6 Å². The molecule has 0 N–H and O–H groups in total. The molecule has 0 amide bonds. The number of nitrogens with zero attached hydrogens (tertiary/aromatic N) is 3. The van der Waals surface area contributed by atoms with Crippen molar-refractivity contribution in [2.75, 3.05) is 9.80 Å². The molecule has 3 aliphatic rings. The van der Waals surface area contributed by atoms with Crippen molar-refractivity contribution in [2.24, 2.45) is 0 Å². The molecular formula is C40H24BN3. The van der Waals surface area contributed by atoms with Crippen LogP contribution in [0.25, 0.3) is 38.3 Å². The molecule has 0 bridgehead atoms. The second-order valence-electron chi connectivity index (χ2n) is 12.1. The lowest BCUT2D eigenvalue weighted by atomic mass is 9.31. The Morgan fingerprint density at radius 1 is 0.341 bits per heavy atom. The fourth-order valence-corrected chi connectivity index (χ4v) is 8.50. The van der Waals surface area contributed by atoms with E-state index in [4.69, 9.17) is 0 Å². The molecule has 44 heavy (non-hydrogen) atoms. The second-order valence-corrected chi connectivity index (χ2v) is 12.1. The predicted molar refractivity (Wildman–Crippen MR) is 186 cm³/mol. The highest BCUT2D eigenvalue weighted by Gasteiger charge is 2.47. The fraction of sp³-hybridized carbons (Fsp3) is 0. The zero-order chi connectivity index (χ0) is 28.5. The molecule has 4 heteroatoms. The van der Waals surface area contributed by atoms with Crippen LogP contribution in [0.5, 0.6) is 0 Å². The van der Waals surface area contributed by atoms with Crippen LogP contribution in [0.15, 0.2) is 146 Å². The van der Waals surface area contributed by atoms with Crippen molar-refractivity contribution in [3.8, 4) is 5.69 Å². The Balaban J connectivity index is 1.39. The highest BCUT2D eigenvalue weighted by molar-refractivity contribution is 7.04. The van der Waals surface area contributed by atoms with E-state index in [0.29, 0.717) is 0 Å². The number of hydrogen-bond acceptors (Lipinski definition) is 2. The van der Waals surface area contributed by atoms with Crippen LogP contribution < -0.4 is 26.2 Å². The first-order chi connectivity index (χ1) is 21.9. The maximum atomic E-state index is 2.50. The van der Waals surface area contributed by atoms with Gasteiger partial charge in [0.15, 0.2) is 0 Å². The molecule has 1 aromatic heterocycles. The first-order valence-electron chi connectivity index (χ1n) is 15.3. The average Bonchev–Trinajstić information content (AvgIpc) is 3.44. The van der Waals surface area contributed by atoms with Crippen molar-refractivity contribution in [1.29, 1.82) is 0 Å². The third-order valence-corrected chi connectivity index (χ3v) is 10.0. The Labute approximate surface area is 254 Å². The summed E-state index contributed by atoms with van der Waals surface area (Å²) < 4.78 is 2.48. The van der Waals surface area contributed by atoms with E-state index in [9.17, 15) is 0 Å². The maximum Gasteiger partial charge on any atom is 0.253 e. The van der Waals surface area contributed by atoms with E-state index >= 15 is 0 Å². The summed E-state index contributed by atoms with van der Waals surface area (Å²) in [6.07, 6.45) is 0. The van der Waals surface area contributed by atoms with Crippen LogP contribution in [-0.2, 0) is 0 Å². The standard InChI is InChI=1S/C40H24BN3/c1-4-11-26(12-5-1)42-29-21-19-25-20-22-33-39-35(25)36(29)37-30(42)23-24-34-40(37)41(39)38-31(43(33)27-13-6-2-7-14-27)17-10-18-32(38)44(34)28-15-8-3-9-16-28/h1-24H. The molecular weight excluding hydrogens is 533 g/mol. The van der Waals surface area contributed by atoms with Gasteiger partial charge >= 0.3 is 0 Å². The van der Waals surface area contributed by atoms with Gasteiger partial charge in [-0.2, -0.15) is 0 Å². The summed E-state index contributed by atoms with van der Waals surface area (Å²) in [6, 6.07) is 53.5. The Hall–Kier alpha value is -5.74. The van der Waals surface area contributed by atoms with Gasteiger partial charge in [0.2, 0.25) is 0 Å². The number of benzene rings is 7. The number of anilines is 6. The molecule has 0 aliphatic carbocycles. The van der Waals surface area contributed by atoms with Crippen molar-refractivity contribution in [1.82, 2.24) is 4.57 Å². The van der Waals surface area contributed by atoms with Crippen LogP contribution in [0.2, 0.25) is 0 Å². The molecule has 0 saturated carbocycles. The fourth-order valence-electron chi connectivity index (χ4n) is 8.50. The quantitative estimate of drug-likeness (QED) is 0.202. The van der Waals surface area contributed by atoms with E-state index in [1.165, 1.54) is 88.8 Å². The molecule has 0 fully saturated rings. The van der Waals surface area contributed by atoms with E-state index in [-0.39, 0.29) is 6.71 Å². The summed E-state index contributed by atoms with van der Waals surface area (Å²) in [5, 5.41) is 5.45. The van der Waals surface area contributed by atoms with E-state index in [1.807, 2.05) is 0 Å². The minimum atomic E-state index is 0.142. The van der Waals surface area contributed by atoms with Crippen molar-refractivity contribution in [3.05, 3.63) is 146 Å². The zero-order valence-corrected chi connectivity index (χ0v) is 23.8. The van der Waals surface area contributed by atoms with Crippen molar-refractivity contribution in [3.63, 3.8) is 0 Å². The van der Waals surface area contributed by atoms with E-state index in [0.717, 1.165) is 0 Å². The van der Waals surface area contributed by atoms with Gasteiger partial charge in [0.25, 0.3) is 6.71 Å². The van der Waals surface area contributed by atoms with Crippen LogP contribution in [0.3, 0.4) is 0 Å². The van der Waals surface area contributed by atoms with Gasteiger partial charge in [0.05, 0.1) is 11.0 Å². The van der Waals surface area contributed by atoms with Gasteiger partial charge in [-0.05, 0) is 100.0 Å². The van der Waals surface area contributed by atoms with Gasteiger partial charge in [0.1, 0.15) is 0 Å². The molecule has 0 unspecified atom stereocenters. The van der Waals surface area contributed by atoms with Crippen molar-refractivity contribution >= 4 is 89.8 Å². The number of hydrogen-bond donors (Lipinski definition) is 0. The monoisotopic (exact) mass is 557 g/mol. The third-order valence-electron chi connectivity index (χ3n) is 10.0. The minimum Gasteiger partial charge on any atom is -0.311 e. The number of para-hydroxylation sites is 3. The number of rotatable bonds is 3. The Bertz CT molecular complexity index is 2490. The lowest BCUT2D eigenvalue weighted by molar-refractivity contribution is 1.18. The SMILES string of the molecule is c1ccc(N2c3cccc4c3B3c5c2ccc2ccc6c(c52)c2c3c(ccc2n6-c2ccccc2)N4c2ccccc2)cc1. The highest BCUT2D eigenvalue weighted by atomic mass is 15.2. The van der Waals surface area contributed by atoms with Gasteiger partial charge in [-0.15, -0.1) is 0 Å². The lowest BCUT2D eigenvalue weighted by Crippen LogP contribution is -2.62. The topological polar surface area (TPSA) is 11.4 Å². The van der Waals surface area contributed by atoms with Gasteiger partial charge in [-0.1, -0.05) is 72.8 Å². The summed E-state index contributed by atoms with van der Waals surface area (Å²) in [6.45, 7) is 0.142. The van der Waals surface area contributed by atoms with Crippen LogP contribution in [0.4, 0.5) is 34.1 Å². The van der Waals surface area contributed by atoms with Crippen LogP contribution >= 0.6 is 0 Å². The van der Waals surface area contributed by atoms with Crippen molar-refractivity contribution < 1.29 is 0 Å². The Morgan fingerprint density at radius 2 is 0.818 bits per heavy atom. The first kappa shape index (κ1) is 22.8. The summed E-state index contributed by atoms with van der Waals surface area (Å²) in [5.41, 5.74) is 15.4. The van der Waals surface area contributed by atoms with E-state index < -0.39 is 0 Å². The molecule has 0 atom stereocenters. The van der Waals surface area contributed by atoms with Crippen molar-refractivity contribution in [2.45, 2.75) is 0 Å². The predicted octanol–water partition coefficient (Wildman–Crippen LogP) is 8.33. The second kappa shape index (κ2) is 8.00. The summed E-state index contributed by atoms with van der Waals surface area (Å²) >= 11 is 0. The lowest BCUT2D eigenvalue weighted by Gasteiger charge is -2.45. The first-order valence-corrected chi connectivity index (χ1v) is 15.3. The molecule has 0 spiro atoms. The van der Waals surface area contributed by atoms with E-state index in [1.54, 1.807) is 0 Å². The molecule has 4 heterocycles. The van der Waals surface area contributed by atoms with Crippen LogP contribution in [0.1, 0.15) is 0 Å². The molecule has 11 rings (SSSR count). The van der Waals surface area contributed by atoms with Crippen LogP contribution in [0, 0.1) is 0 Å². The zero-order valence-electron chi connectivity index (χ0n) is 23.8. The largest absolute Gasteiger partial charge is 0.311 e. The smallest absolute Gasteiger partial charge is 0.253 e. The normalized spacial score (nSPS) is 13.8. The summed E-state index contributed by atoms with van der Waals surface area (Å²) in [7, 11) is 0. The maximum absolute atomic E-state index is 2.50. The molecule has 202 valence electrons. The molecule has 3 aliphatic heterocycles. The average molecular weight is 557 g/mol.